The molecule has 5 aromatic rings. The first kappa shape index (κ1) is 21.7. The lowest BCUT2D eigenvalue weighted by atomic mass is 10.0. The molecular weight excluding hydrogens is 551 g/mol. The largest absolute Gasteiger partial charge is 0.433 e. The number of amides is 1. The quantitative estimate of drug-likeness (QED) is 0.227. The van der Waals surface area contributed by atoms with Crippen LogP contribution in [0.15, 0.2) is 65.1 Å². The van der Waals surface area contributed by atoms with Gasteiger partial charge in [0.1, 0.15) is 11.2 Å². The van der Waals surface area contributed by atoms with Crippen LogP contribution in [0, 0.1) is 10.5 Å². The fraction of sp³-hybridized carbons (Fsp3) is 0.0800. The number of hydrogen-bond donors (Lipinski definition) is 2. The van der Waals surface area contributed by atoms with E-state index in [0.29, 0.717) is 27.7 Å². The number of carbonyl (C=O) groups excluding carboxylic acids is 1. The molecule has 2 aromatic heterocycles. The highest BCUT2D eigenvalue weighted by Crippen LogP contribution is 2.33. The third-order valence-corrected chi connectivity index (χ3v) is 6.69. The Labute approximate surface area is 208 Å². The highest BCUT2D eigenvalue weighted by molar-refractivity contribution is 14.1. The summed E-state index contributed by atoms with van der Waals surface area (Å²) in [6, 6.07) is 19.7. The third-order valence-electron chi connectivity index (χ3n) is 5.28. The molecule has 6 nitrogen and oxygen atoms in total. The summed E-state index contributed by atoms with van der Waals surface area (Å²) in [6.45, 7) is 3.43. The van der Waals surface area contributed by atoms with Crippen LogP contribution in [0.4, 0.5) is 5.69 Å². The molecular formula is C25H18ClIN4O2. The van der Waals surface area contributed by atoms with Gasteiger partial charge in [0.2, 0.25) is 11.8 Å². The molecule has 8 heteroatoms. The predicted molar refractivity (Wildman–Crippen MR) is 139 cm³/mol. The lowest BCUT2D eigenvalue weighted by Gasteiger charge is -2.09. The van der Waals surface area contributed by atoms with Gasteiger partial charge in [0.05, 0.1) is 10.7 Å². The number of H-pyrrole nitrogens is 1. The van der Waals surface area contributed by atoms with Crippen LogP contribution in [0.2, 0.25) is 5.02 Å². The molecule has 3 aromatic carbocycles. The normalized spacial score (nSPS) is 11.2. The summed E-state index contributed by atoms with van der Waals surface area (Å²) >= 11 is 8.66. The summed E-state index contributed by atoms with van der Waals surface area (Å²) in [5, 5.41) is 10.8. The summed E-state index contributed by atoms with van der Waals surface area (Å²) in [7, 11) is 0. The van der Waals surface area contributed by atoms with E-state index in [-0.39, 0.29) is 5.91 Å². The van der Waals surface area contributed by atoms with E-state index in [2.05, 4.69) is 43.1 Å². The predicted octanol–water partition coefficient (Wildman–Crippen LogP) is 7.08. The van der Waals surface area contributed by atoms with Gasteiger partial charge in [-0.05, 0) is 76.5 Å². The highest BCUT2D eigenvalue weighted by Gasteiger charge is 2.15. The minimum Gasteiger partial charge on any atom is -0.433 e. The number of nitrogens with zero attached hydrogens (tertiary/aromatic N) is 2. The Morgan fingerprint density at radius 1 is 1.06 bits per heavy atom. The zero-order valence-electron chi connectivity index (χ0n) is 17.7. The van der Waals surface area contributed by atoms with Crippen molar-refractivity contribution in [2.45, 2.75) is 13.8 Å². The SMILES string of the molecule is CC(=O)Nc1ccc(I)c(-c2ccc(-c3cc(-c4nc5ccc(C)c(Cl)c5o4)[nH]n3)cc2)c1. The van der Waals surface area contributed by atoms with Gasteiger partial charge in [0.15, 0.2) is 5.58 Å². The fourth-order valence-electron chi connectivity index (χ4n) is 3.60. The summed E-state index contributed by atoms with van der Waals surface area (Å²) in [5.41, 5.74) is 7.51. The van der Waals surface area contributed by atoms with E-state index in [1.54, 1.807) is 0 Å². The van der Waals surface area contributed by atoms with Crippen LogP contribution >= 0.6 is 34.2 Å². The van der Waals surface area contributed by atoms with Crippen molar-refractivity contribution in [3.8, 4) is 34.0 Å². The van der Waals surface area contributed by atoms with E-state index in [1.165, 1.54) is 6.92 Å². The minimum atomic E-state index is -0.0943. The number of rotatable bonds is 4. The number of aromatic nitrogens is 3. The van der Waals surface area contributed by atoms with Gasteiger partial charge in [-0.1, -0.05) is 41.9 Å². The standard InChI is InChI=1S/C25H18ClIN4O2/c1-13-3-10-20-24(23(13)26)33-25(29-20)22-12-21(30-31-22)16-6-4-15(5-7-16)18-11-17(28-14(2)32)8-9-19(18)27/h3-12H,1-2H3,(H,28,32)(H,30,31). The molecule has 0 fully saturated rings. The van der Waals surface area contributed by atoms with Gasteiger partial charge in [-0.25, -0.2) is 4.98 Å². The van der Waals surface area contributed by atoms with Crippen molar-refractivity contribution in [3.05, 3.63) is 74.8 Å². The second-order valence-electron chi connectivity index (χ2n) is 7.68. The van der Waals surface area contributed by atoms with E-state index in [9.17, 15) is 4.79 Å². The van der Waals surface area contributed by atoms with E-state index in [0.717, 1.165) is 37.2 Å². The van der Waals surface area contributed by atoms with Crippen LogP contribution in [-0.2, 0) is 4.79 Å². The number of hydrogen-bond acceptors (Lipinski definition) is 4. The zero-order valence-corrected chi connectivity index (χ0v) is 20.7. The molecule has 2 heterocycles. The molecule has 33 heavy (non-hydrogen) atoms. The van der Waals surface area contributed by atoms with Crippen molar-refractivity contribution in [1.29, 1.82) is 0 Å². The Morgan fingerprint density at radius 2 is 1.82 bits per heavy atom. The van der Waals surface area contributed by atoms with Crippen molar-refractivity contribution < 1.29 is 9.21 Å². The van der Waals surface area contributed by atoms with E-state index < -0.39 is 0 Å². The molecule has 0 unspecified atom stereocenters. The van der Waals surface area contributed by atoms with Crippen LogP contribution < -0.4 is 5.32 Å². The first-order chi connectivity index (χ1) is 15.9. The molecule has 5 rings (SSSR count). The monoisotopic (exact) mass is 568 g/mol. The van der Waals surface area contributed by atoms with Gasteiger partial charge < -0.3 is 9.73 Å². The van der Waals surface area contributed by atoms with E-state index in [1.807, 2.05) is 67.6 Å². The number of halogens is 2. The zero-order chi connectivity index (χ0) is 23.1. The second kappa shape index (κ2) is 8.64. The Balaban J connectivity index is 1.43. The molecule has 1 amide bonds. The maximum absolute atomic E-state index is 11.4. The molecule has 0 saturated carbocycles. The van der Waals surface area contributed by atoms with Crippen LogP contribution in [-0.4, -0.2) is 21.1 Å². The van der Waals surface area contributed by atoms with Gasteiger partial charge in [-0.3, -0.25) is 9.89 Å². The second-order valence-corrected chi connectivity index (χ2v) is 9.22. The number of carbonyl (C=O) groups is 1. The van der Waals surface area contributed by atoms with Crippen molar-refractivity contribution >= 4 is 56.9 Å². The number of fused-ring (bicyclic) bond motifs is 1. The fourth-order valence-corrected chi connectivity index (χ4v) is 4.45. The number of aromatic amines is 1. The summed E-state index contributed by atoms with van der Waals surface area (Å²) in [4.78, 5) is 15.9. The summed E-state index contributed by atoms with van der Waals surface area (Å²) in [5.74, 6) is 0.348. The summed E-state index contributed by atoms with van der Waals surface area (Å²) in [6.07, 6.45) is 0. The number of nitrogens with one attached hydrogen (secondary N) is 2. The Morgan fingerprint density at radius 3 is 2.58 bits per heavy atom. The molecule has 0 aliphatic rings. The number of benzene rings is 3. The first-order valence-electron chi connectivity index (χ1n) is 10.2. The molecule has 0 bridgehead atoms. The van der Waals surface area contributed by atoms with E-state index >= 15 is 0 Å². The van der Waals surface area contributed by atoms with Gasteiger partial charge in [0, 0.05) is 21.7 Å². The van der Waals surface area contributed by atoms with Gasteiger partial charge >= 0.3 is 0 Å². The van der Waals surface area contributed by atoms with Gasteiger partial charge in [0.25, 0.3) is 0 Å². The number of oxazole rings is 1. The lowest BCUT2D eigenvalue weighted by molar-refractivity contribution is -0.114. The van der Waals surface area contributed by atoms with Gasteiger partial charge in [-0.15, -0.1) is 0 Å². The van der Waals surface area contributed by atoms with Gasteiger partial charge in [-0.2, -0.15) is 5.10 Å². The van der Waals surface area contributed by atoms with E-state index in [4.69, 9.17) is 16.0 Å². The maximum atomic E-state index is 11.4. The topological polar surface area (TPSA) is 83.8 Å². The Kier molecular flexibility index (Phi) is 5.67. The molecule has 164 valence electrons. The number of anilines is 1. The molecule has 2 N–H and O–H groups in total. The molecule has 0 radical (unpaired) electrons. The van der Waals surface area contributed by atoms with Crippen LogP contribution in [0.5, 0.6) is 0 Å². The molecule has 0 aliphatic heterocycles. The smallest absolute Gasteiger partial charge is 0.245 e. The Bertz CT molecular complexity index is 1510. The van der Waals surface area contributed by atoms with Crippen LogP contribution in [0.25, 0.3) is 45.1 Å². The van der Waals surface area contributed by atoms with Crippen molar-refractivity contribution in [3.63, 3.8) is 0 Å². The molecule has 0 spiro atoms. The molecule has 0 saturated heterocycles. The maximum Gasteiger partial charge on any atom is 0.245 e. The Hall–Kier alpha value is -3.17. The summed E-state index contributed by atoms with van der Waals surface area (Å²) < 4.78 is 7.00. The average molecular weight is 569 g/mol. The first-order valence-corrected chi connectivity index (χ1v) is 11.6. The molecule has 0 aliphatic carbocycles. The third kappa shape index (κ3) is 4.26. The van der Waals surface area contributed by atoms with Crippen molar-refractivity contribution in [2.75, 3.05) is 5.32 Å². The molecule has 0 atom stereocenters. The van der Waals surface area contributed by atoms with Crippen molar-refractivity contribution in [1.82, 2.24) is 15.2 Å². The average Bonchev–Trinajstić information content (AvgIpc) is 3.45. The van der Waals surface area contributed by atoms with Crippen molar-refractivity contribution in [2.24, 2.45) is 0 Å². The number of aryl methyl sites for hydroxylation is 1. The van der Waals surface area contributed by atoms with Crippen LogP contribution in [0.1, 0.15) is 12.5 Å². The minimum absolute atomic E-state index is 0.0943. The van der Waals surface area contributed by atoms with Crippen LogP contribution in [0.3, 0.4) is 0 Å². The highest BCUT2D eigenvalue weighted by atomic mass is 127. The lowest BCUT2D eigenvalue weighted by Crippen LogP contribution is -2.05.